The summed E-state index contributed by atoms with van der Waals surface area (Å²) in [5.41, 5.74) is -0.225. The molecule has 0 radical (unpaired) electrons. The lowest BCUT2D eigenvalue weighted by molar-refractivity contribution is -0.358. The van der Waals surface area contributed by atoms with Crippen LogP contribution >= 0.6 is 0 Å². The molecule has 18 heteroatoms. The van der Waals surface area contributed by atoms with Crippen molar-refractivity contribution in [3.63, 3.8) is 0 Å². The number of hydrogen-bond acceptors (Lipinski definition) is 18. The summed E-state index contributed by atoms with van der Waals surface area (Å²) in [5.74, 6) is -2.62. The van der Waals surface area contributed by atoms with Crippen molar-refractivity contribution in [2.45, 2.75) is 213 Å². The molecular formula is C50H74O18. The molecule has 4 aliphatic heterocycles. The molecule has 0 amide bonds. The predicted octanol–water partition coefficient (Wildman–Crippen LogP) is 5.50. The third kappa shape index (κ3) is 9.68. The lowest BCUT2D eigenvalue weighted by Gasteiger charge is -2.63. The van der Waals surface area contributed by atoms with E-state index in [4.69, 9.17) is 56.8 Å². The van der Waals surface area contributed by atoms with Gasteiger partial charge in [0, 0.05) is 53.9 Å². The molecule has 0 unspecified atom stereocenters. The highest BCUT2D eigenvalue weighted by Gasteiger charge is 2.70. The Kier molecular flexibility index (Phi) is 14.7. The van der Waals surface area contributed by atoms with Gasteiger partial charge in [-0.1, -0.05) is 27.7 Å². The molecule has 8 aliphatic rings. The lowest BCUT2D eigenvalue weighted by Crippen LogP contribution is -2.66. The highest BCUT2D eigenvalue weighted by atomic mass is 16.8. The van der Waals surface area contributed by atoms with Gasteiger partial charge in [-0.2, -0.15) is 0 Å². The molecule has 8 rings (SSSR count). The van der Waals surface area contributed by atoms with Gasteiger partial charge in [-0.05, 0) is 105 Å². The topological polar surface area (TPSA) is 213 Å². The minimum Gasteiger partial charge on any atom is -0.463 e. The Morgan fingerprint density at radius 3 is 1.75 bits per heavy atom. The van der Waals surface area contributed by atoms with Crippen LogP contribution in [0.25, 0.3) is 0 Å². The number of carbonyl (C=O) groups is 6. The van der Waals surface area contributed by atoms with Crippen molar-refractivity contribution >= 4 is 35.8 Å². The average molecular weight is 963 g/mol. The maximum Gasteiger partial charge on any atom is 0.303 e. The first-order valence-electron chi connectivity index (χ1n) is 25.0. The first-order valence-corrected chi connectivity index (χ1v) is 25.0. The van der Waals surface area contributed by atoms with Crippen molar-refractivity contribution in [3.05, 3.63) is 0 Å². The molecule has 68 heavy (non-hydrogen) atoms. The van der Waals surface area contributed by atoms with Crippen LogP contribution in [0.15, 0.2) is 0 Å². The van der Waals surface area contributed by atoms with Crippen molar-refractivity contribution < 1.29 is 85.6 Å². The summed E-state index contributed by atoms with van der Waals surface area (Å²) < 4.78 is 74.8. The Bertz CT molecular complexity index is 1920. The maximum atomic E-state index is 13.2. The first-order chi connectivity index (χ1) is 32.0. The van der Waals surface area contributed by atoms with E-state index >= 15 is 0 Å². The maximum absolute atomic E-state index is 13.2. The minimum atomic E-state index is -1.53. The summed E-state index contributed by atoms with van der Waals surface area (Å²) in [5, 5.41) is 0. The molecule has 4 aliphatic carbocycles. The number of esters is 6. The fourth-order valence-corrected chi connectivity index (χ4v) is 14.8. The third-order valence-corrected chi connectivity index (χ3v) is 17.4. The molecule has 0 aromatic rings. The van der Waals surface area contributed by atoms with Crippen LogP contribution in [-0.2, 0) is 85.6 Å². The Hall–Kier alpha value is -3.42. The van der Waals surface area contributed by atoms with Gasteiger partial charge in [-0.3, -0.25) is 28.8 Å². The Morgan fingerprint density at radius 1 is 0.529 bits per heavy atom. The van der Waals surface area contributed by atoms with Crippen LogP contribution in [0, 0.1) is 52.3 Å². The monoisotopic (exact) mass is 962 g/mol. The minimum absolute atomic E-state index is 0.00686. The van der Waals surface area contributed by atoms with E-state index in [1.165, 1.54) is 27.7 Å². The van der Waals surface area contributed by atoms with Gasteiger partial charge in [0.05, 0.1) is 31.5 Å². The fraction of sp³-hybridized carbons (Fsp3) is 0.880. The van der Waals surface area contributed by atoms with Crippen molar-refractivity contribution in [1.82, 2.24) is 0 Å². The summed E-state index contributed by atoms with van der Waals surface area (Å²) in [7, 11) is 0. The first kappa shape index (κ1) is 51.0. The average Bonchev–Trinajstić information content (AvgIpc) is 3.69. The van der Waals surface area contributed by atoms with Gasteiger partial charge in [-0.15, -0.1) is 0 Å². The molecule has 4 saturated carbocycles. The Labute approximate surface area is 399 Å². The van der Waals surface area contributed by atoms with Crippen molar-refractivity contribution in [3.8, 4) is 0 Å². The van der Waals surface area contributed by atoms with Crippen molar-refractivity contribution in [2.75, 3.05) is 13.2 Å². The summed E-state index contributed by atoms with van der Waals surface area (Å²) in [6, 6.07) is 0. The molecule has 382 valence electrons. The smallest absolute Gasteiger partial charge is 0.303 e. The Balaban J connectivity index is 1.13. The second-order valence-corrected chi connectivity index (χ2v) is 21.9. The molecule has 0 N–H and O–H groups in total. The van der Waals surface area contributed by atoms with Crippen LogP contribution in [0.3, 0.4) is 0 Å². The summed E-state index contributed by atoms with van der Waals surface area (Å²) in [4.78, 5) is 75.5. The van der Waals surface area contributed by atoms with E-state index in [1.54, 1.807) is 6.92 Å². The van der Waals surface area contributed by atoms with E-state index in [2.05, 4.69) is 27.7 Å². The van der Waals surface area contributed by atoms with Gasteiger partial charge in [0.15, 0.2) is 48.9 Å². The molecular weight excluding hydrogens is 889 g/mol. The molecule has 8 fully saturated rings. The van der Waals surface area contributed by atoms with Crippen LogP contribution in [-0.4, -0.2) is 128 Å². The zero-order chi connectivity index (χ0) is 49.2. The van der Waals surface area contributed by atoms with E-state index in [9.17, 15) is 28.8 Å². The second-order valence-electron chi connectivity index (χ2n) is 21.9. The number of ether oxygens (including phenoxy) is 12. The van der Waals surface area contributed by atoms with E-state index < -0.39 is 97.0 Å². The summed E-state index contributed by atoms with van der Waals surface area (Å²) >= 11 is 0. The van der Waals surface area contributed by atoms with E-state index in [1.807, 2.05) is 0 Å². The van der Waals surface area contributed by atoms with Gasteiger partial charge < -0.3 is 56.8 Å². The predicted molar refractivity (Wildman–Crippen MR) is 234 cm³/mol. The molecule has 4 saturated heterocycles. The molecule has 18 nitrogen and oxygen atoms in total. The van der Waals surface area contributed by atoms with Gasteiger partial charge in [0.1, 0.15) is 12.2 Å². The van der Waals surface area contributed by atoms with Crippen LogP contribution in [0.1, 0.15) is 134 Å². The van der Waals surface area contributed by atoms with Gasteiger partial charge in [0.2, 0.25) is 0 Å². The highest BCUT2D eigenvalue weighted by Crippen LogP contribution is 2.72. The van der Waals surface area contributed by atoms with Crippen LogP contribution in [0.2, 0.25) is 0 Å². The lowest BCUT2D eigenvalue weighted by atomic mass is 9.43. The molecule has 22 atom stereocenters. The normalized spacial score (nSPS) is 47.2. The molecule has 1 spiro atoms. The highest BCUT2D eigenvalue weighted by molar-refractivity contribution is 5.69. The van der Waals surface area contributed by atoms with Gasteiger partial charge in [0.25, 0.3) is 0 Å². The molecule has 0 bridgehead atoms. The van der Waals surface area contributed by atoms with E-state index in [0.717, 1.165) is 58.8 Å². The van der Waals surface area contributed by atoms with Gasteiger partial charge >= 0.3 is 35.8 Å². The quantitative estimate of drug-likeness (QED) is 0.150. The summed E-state index contributed by atoms with van der Waals surface area (Å²) in [6.07, 6.45) is -4.71. The van der Waals surface area contributed by atoms with Crippen molar-refractivity contribution in [1.29, 1.82) is 0 Å². The number of rotatable bonds is 10. The number of hydrogen-bond donors (Lipinski definition) is 0. The Morgan fingerprint density at radius 2 is 1.13 bits per heavy atom. The van der Waals surface area contributed by atoms with Crippen LogP contribution < -0.4 is 0 Å². The van der Waals surface area contributed by atoms with Crippen molar-refractivity contribution in [2.24, 2.45) is 52.3 Å². The zero-order valence-corrected chi connectivity index (χ0v) is 41.6. The van der Waals surface area contributed by atoms with Crippen LogP contribution in [0.4, 0.5) is 0 Å². The van der Waals surface area contributed by atoms with E-state index in [0.29, 0.717) is 43.1 Å². The largest absolute Gasteiger partial charge is 0.463 e. The molecule has 0 aromatic heterocycles. The third-order valence-electron chi connectivity index (χ3n) is 17.4. The fourth-order valence-electron chi connectivity index (χ4n) is 14.8. The standard InChI is InChI=1S/C50H74O18/c1-23-12-17-50(58-21-23)24(2)40-38(68-50)20-35-33-19-37(36-18-32(60-26(4)51)13-15-48(36,10)34(33)14-16-49(35,40)11)66-47-45(65-31(9)56)43(41(25(3)59-47)62-28(6)53)67-46-44(64-30(8)55)42(63-29(7)54)39(22-57-46)61-27(5)52/h23-25,32-47H,12-22H2,1-11H3/t23-,24+,25-,32+,33-,34+,35+,36-,37+,38+,39-,40+,41-,42+,43+,44-,45-,46+,47+,48-,49+,50-/m1/s1. The van der Waals surface area contributed by atoms with Crippen LogP contribution in [0.5, 0.6) is 0 Å². The second kappa shape index (κ2) is 19.6. The SMILES string of the molecule is CC(=O)O[C@H]1CC[C@@]2(C)[C@H](C1)[C@@H](O[C@@H]1O[C@H](C)[C@@H](OC(C)=O)[C@H](O[C@@H]3OC[C@@H](OC(C)=O)[C@H](OC(C)=O)[C@H]3OC(C)=O)[C@H]1OC(C)=O)C[C@@H]1[C@@H]2CC[C@]2(C)[C@@H]3[C@H](C[C@@H]12)O[C@]1(CC[C@@H](C)CO1)[C@H]3C. The summed E-state index contributed by atoms with van der Waals surface area (Å²) in [6.45, 7) is 18.8. The number of carbonyl (C=O) groups excluding carboxylic acids is 6. The zero-order valence-electron chi connectivity index (χ0n) is 41.6. The molecule has 4 heterocycles. The van der Waals surface area contributed by atoms with E-state index in [-0.39, 0.29) is 53.4 Å². The van der Waals surface area contributed by atoms with Gasteiger partial charge in [-0.25, -0.2) is 0 Å². The number of fused-ring (bicyclic) bond motifs is 7. The molecule has 0 aromatic carbocycles.